The molecule has 1 aliphatic carbocycles. The zero-order valence-corrected chi connectivity index (χ0v) is 14.3. The number of nitrogens with one attached hydrogen (secondary N) is 1. The largest absolute Gasteiger partial charge is 0.451 e. The molecule has 0 spiro atoms. The van der Waals surface area contributed by atoms with Crippen molar-refractivity contribution >= 4 is 17.8 Å². The molecule has 3 rings (SSSR count). The van der Waals surface area contributed by atoms with Gasteiger partial charge in [0.2, 0.25) is 5.95 Å². The van der Waals surface area contributed by atoms with Gasteiger partial charge in [0.1, 0.15) is 0 Å². The molecule has 138 valence electrons. The monoisotopic (exact) mass is 357 g/mol. The number of rotatable bonds is 6. The van der Waals surface area contributed by atoms with Crippen molar-refractivity contribution < 1.29 is 13.9 Å². The van der Waals surface area contributed by atoms with Gasteiger partial charge in [0.15, 0.2) is 23.1 Å². The van der Waals surface area contributed by atoms with Crippen LogP contribution in [0.1, 0.15) is 44.9 Å². The Kier molecular flexibility index (Phi) is 6.44. The molecule has 6 heteroatoms. The first-order valence-electron chi connectivity index (χ1n) is 8.28. The topological polar surface area (TPSA) is 64.1 Å². The molecule has 0 aliphatic heterocycles. The van der Waals surface area contributed by atoms with Crippen molar-refractivity contribution in [3.05, 3.63) is 53.3 Å². The molecular formula is C20H24FN3O2. The van der Waals surface area contributed by atoms with Crippen LogP contribution in [0.15, 0.2) is 36.2 Å². The van der Waals surface area contributed by atoms with Crippen LogP contribution in [0.25, 0.3) is 6.08 Å². The first-order valence-corrected chi connectivity index (χ1v) is 8.28. The number of carbonyl (C=O) groups excluding carboxylic acids is 1. The van der Waals surface area contributed by atoms with E-state index in [9.17, 15) is 9.18 Å². The molecule has 0 radical (unpaired) electrons. The van der Waals surface area contributed by atoms with Crippen LogP contribution < -0.4 is 10.1 Å². The summed E-state index contributed by atoms with van der Waals surface area (Å²) in [6, 6.07) is 6.40. The second kappa shape index (κ2) is 8.56. The molecule has 2 aromatic rings. The number of halogens is 1. The number of hydrogen-bond donors (Lipinski definition) is 1. The van der Waals surface area contributed by atoms with Gasteiger partial charge in [-0.1, -0.05) is 19.6 Å². The molecular weight excluding hydrogens is 333 g/mol. The van der Waals surface area contributed by atoms with Crippen LogP contribution in [-0.4, -0.2) is 21.8 Å². The summed E-state index contributed by atoms with van der Waals surface area (Å²) in [4.78, 5) is 20.6. The summed E-state index contributed by atoms with van der Waals surface area (Å²) in [5.74, 6) is -0.206. The minimum Gasteiger partial charge on any atom is -0.451 e. The summed E-state index contributed by atoms with van der Waals surface area (Å²) in [6.07, 6.45) is 6.67. The summed E-state index contributed by atoms with van der Waals surface area (Å²) in [6.45, 7) is 3.20. The van der Waals surface area contributed by atoms with Crippen LogP contribution in [0.4, 0.5) is 10.3 Å². The maximum atomic E-state index is 13.7. The number of aromatic nitrogens is 2. The Labute approximate surface area is 153 Å². The summed E-state index contributed by atoms with van der Waals surface area (Å²) in [5.41, 5.74) is 1.37. The molecule has 0 amide bonds. The molecule has 0 bridgehead atoms. The number of ketones is 1. The zero-order chi connectivity index (χ0) is 17.8. The maximum absolute atomic E-state index is 13.7. The van der Waals surface area contributed by atoms with Gasteiger partial charge in [0.05, 0.1) is 5.69 Å². The van der Waals surface area contributed by atoms with Crippen molar-refractivity contribution in [3.8, 4) is 5.75 Å². The minimum atomic E-state index is -0.525. The highest BCUT2D eigenvalue weighted by Crippen LogP contribution is 2.23. The van der Waals surface area contributed by atoms with E-state index in [1.54, 1.807) is 18.3 Å². The van der Waals surface area contributed by atoms with Crippen molar-refractivity contribution in [2.24, 2.45) is 0 Å². The molecule has 0 unspecified atom stereocenters. The highest BCUT2D eigenvalue weighted by molar-refractivity contribution is 5.96. The number of ether oxygens (including phenoxy) is 1. The van der Waals surface area contributed by atoms with Crippen molar-refractivity contribution in [2.75, 3.05) is 5.32 Å². The Hall–Kier alpha value is -2.76. The fraction of sp³-hybridized carbons (Fsp3) is 0.350. The number of nitrogens with zero attached hydrogens (tertiary/aromatic N) is 2. The lowest BCUT2D eigenvalue weighted by atomic mass is 9.93. The Balaban J connectivity index is 0.00000243. The molecule has 1 saturated carbocycles. The van der Waals surface area contributed by atoms with Gasteiger partial charge in [-0.15, -0.1) is 0 Å². The molecule has 1 fully saturated rings. The molecule has 1 heterocycles. The van der Waals surface area contributed by atoms with E-state index in [4.69, 9.17) is 4.74 Å². The third-order valence-corrected chi connectivity index (χ3v) is 4.15. The average molecular weight is 357 g/mol. The zero-order valence-electron chi connectivity index (χ0n) is 14.3. The second-order valence-corrected chi connectivity index (χ2v) is 6.10. The van der Waals surface area contributed by atoms with Crippen molar-refractivity contribution in [3.63, 3.8) is 0 Å². The van der Waals surface area contributed by atoms with Crippen LogP contribution in [0, 0.1) is 12.7 Å². The van der Waals surface area contributed by atoms with Crippen LogP contribution in [-0.2, 0) is 4.79 Å². The SMILES string of the molecule is C.CC(=O)/C(=C\c1cnc(NC2CCC2)nc1C)Oc1ccccc1F. The molecule has 5 nitrogen and oxygen atoms in total. The molecule has 1 aromatic heterocycles. The number of anilines is 1. The van der Waals surface area contributed by atoms with Crippen molar-refractivity contribution in [2.45, 2.75) is 46.6 Å². The number of para-hydroxylation sites is 1. The van der Waals surface area contributed by atoms with Crippen LogP contribution >= 0.6 is 0 Å². The van der Waals surface area contributed by atoms with E-state index < -0.39 is 5.82 Å². The number of benzene rings is 1. The fourth-order valence-electron chi connectivity index (χ4n) is 2.41. The highest BCUT2D eigenvalue weighted by atomic mass is 19.1. The van der Waals surface area contributed by atoms with Gasteiger partial charge in [-0.25, -0.2) is 14.4 Å². The number of hydrogen-bond acceptors (Lipinski definition) is 5. The van der Waals surface area contributed by atoms with Gasteiger partial charge in [-0.3, -0.25) is 4.79 Å². The molecule has 1 aromatic carbocycles. The first-order chi connectivity index (χ1) is 12.0. The normalized spacial score (nSPS) is 14.2. The standard InChI is InChI=1S/C19H20FN3O2.CH4/c1-12-14(11-21-19(22-12)23-15-6-5-7-15)10-18(13(2)24)25-17-9-4-3-8-16(17)20;/h3-4,8-11,15H,5-7H2,1-2H3,(H,21,22,23);1H4/b18-10+;. The van der Waals surface area contributed by atoms with E-state index in [-0.39, 0.29) is 24.7 Å². The summed E-state index contributed by atoms with van der Waals surface area (Å²) < 4.78 is 19.2. The number of Topliss-reactive ketones (excluding diaryl/α,β-unsaturated/α-hetero) is 1. The van der Waals surface area contributed by atoms with E-state index in [1.807, 2.05) is 6.92 Å². The van der Waals surface area contributed by atoms with Crippen molar-refractivity contribution in [1.29, 1.82) is 0 Å². The van der Waals surface area contributed by atoms with E-state index in [2.05, 4.69) is 15.3 Å². The lowest BCUT2D eigenvalue weighted by Crippen LogP contribution is -2.28. The van der Waals surface area contributed by atoms with Crippen LogP contribution in [0.2, 0.25) is 0 Å². The summed E-state index contributed by atoms with van der Waals surface area (Å²) in [5, 5.41) is 3.28. The van der Waals surface area contributed by atoms with E-state index in [0.29, 0.717) is 23.2 Å². The molecule has 1 aliphatic rings. The fourth-order valence-corrected chi connectivity index (χ4v) is 2.41. The van der Waals surface area contributed by atoms with E-state index in [0.717, 1.165) is 12.8 Å². The summed E-state index contributed by atoms with van der Waals surface area (Å²) >= 11 is 0. The Bertz CT molecular complexity index is 816. The Morgan fingerprint density at radius 1 is 1.35 bits per heavy atom. The third-order valence-electron chi connectivity index (χ3n) is 4.15. The number of aryl methyl sites for hydroxylation is 1. The molecule has 26 heavy (non-hydrogen) atoms. The van der Waals surface area contributed by atoms with Gasteiger partial charge >= 0.3 is 0 Å². The maximum Gasteiger partial charge on any atom is 0.223 e. The predicted octanol–water partition coefficient (Wildman–Crippen LogP) is 4.53. The van der Waals surface area contributed by atoms with Gasteiger partial charge < -0.3 is 10.1 Å². The third kappa shape index (κ3) is 4.65. The molecule has 0 saturated heterocycles. The first kappa shape index (κ1) is 19.6. The van der Waals surface area contributed by atoms with Gasteiger partial charge in [-0.05, 0) is 44.4 Å². The van der Waals surface area contributed by atoms with E-state index >= 15 is 0 Å². The lowest BCUT2D eigenvalue weighted by Gasteiger charge is -2.26. The lowest BCUT2D eigenvalue weighted by molar-refractivity contribution is -0.115. The van der Waals surface area contributed by atoms with Crippen LogP contribution in [0.3, 0.4) is 0 Å². The van der Waals surface area contributed by atoms with Crippen LogP contribution in [0.5, 0.6) is 5.75 Å². The average Bonchev–Trinajstić information content (AvgIpc) is 2.54. The minimum absolute atomic E-state index is 0. The van der Waals surface area contributed by atoms with E-state index in [1.165, 1.54) is 31.6 Å². The predicted molar refractivity (Wildman–Crippen MR) is 100 cm³/mol. The van der Waals surface area contributed by atoms with Gasteiger partial charge in [0.25, 0.3) is 0 Å². The molecule has 0 atom stereocenters. The molecule has 1 N–H and O–H groups in total. The quantitative estimate of drug-likeness (QED) is 0.608. The highest BCUT2D eigenvalue weighted by Gasteiger charge is 2.18. The number of carbonyl (C=O) groups is 1. The number of allylic oxidation sites excluding steroid dienone is 1. The van der Waals surface area contributed by atoms with Gasteiger partial charge in [-0.2, -0.15) is 0 Å². The second-order valence-electron chi connectivity index (χ2n) is 6.10. The van der Waals surface area contributed by atoms with Crippen molar-refractivity contribution in [1.82, 2.24) is 9.97 Å². The smallest absolute Gasteiger partial charge is 0.223 e. The Morgan fingerprint density at radius 3 is 2.65 bits per heavy atom. The summed E-state index contributed by atoms with van der Waals surface area (Å²) in [7, 11) is 0. The Morgan fingerprint density at radius 2 is 2.08 bits per heavy atom. The van der Waals surface area contributed by atoms with Gasteiger partial charge in [0, 0.05) is 24.7 Å².